The maximum Gasteiger partial charge on any atom is 0.250 e. The molecule has 1 aromatic carbocycles. The van der Waals surface area contributed by atoms with Crippen LogP contribution in [0.5, 0.6) is 0 Å². The maximum atomic E-state index is 12.1. The summed E-state index contributed by atoms with van der Waals surface area (Å²) in [6.07, 6.45) is 2.80. The number of piperidine rings is 1. The Morgan fingerprint density at radius 3 is 2.81 bits per heavy atom. The predicted octanol–water partition coefficient (Wildman–Crippen LogP) is 2.28. The molecule has 3 aromatic rings. The van der Waals surface area contributed by atoms with Crippen molar-refractivity contribution in [1.82, 2.24) is 14.0 Å². The molecule has 1 fully saturated rings. The molecular weight excluding hydrogens is 338 g/mol. The molecule has 5 nitrogen and oxygen atoms in total. The van der Waals surface area contributed by atoms with Crippen LogP contribution in [0.1, 0.15) is 18.0 Å². The minimum Gasteiger partial charge on any atom is -0.390 e. The summed E-state index contributed by atoms with van der Waals surface area (Å²) in [5, 5.41) is 11.9. The summed E-state index contributed by atoms with van der Waals surface area (Å²) < 4.78 is 4.10. The van der Waals surface area contributed by atoms with Crippen molar-refractivity contribution >= 4 is 10.9 Å². The van der Waals surface area contributed by atoms with Crippen LogP contribution in [-0.4, -0.2) is 44.9 Å². The molecule has 4 heterocycles. The van der Waals surface area contributed by atoms with Gasteiger partial charge in [0.2, 0.25) is 0 Å². The third-order valence-corrected chi connectivity index (χ3v) is 6.11. The summed E-state index contributed by atoms with van der Waals surface area (Å²) >= 11 is 0. The van der Waals surface area contributed by atoms with Crippen molar-refractivity contribution in [2.75, 3.05) is 19.6 Å². The van der Waals surface area contributed by atoms with Crippen molar-refractivity contribution in [3.8, 4) is 0 Å². The Morgan fingerprint density at radius 1 is 1.00 bits per heavy atom. The SMILES string of the molecule is O=c1cccc2n1C[C@@H]1C[C@@H]2CN(CC(O)Cn2ccc3ccccc32)C1. The largest absolute Gasteiger partial charge is 0.390 e. The van der Waals surface area contributed by atoms with Crippen LogP contribution in [-0.2, 0) is 13.1 Å². The molecule has 0 spiro atoms. The summed E-state index contributed by atoms with van der Waals surface area (Å²) in [6, 6.07) is 16.0. The number of nitrogens with zero attached hydrogens (tertiary/aromatic N) is 3. The van der Waals surface area contributed by atoms with E-state index < -0.39 is 6.10 Å². The van der Waals surface area contributed by atoms with Gasteiger partial charge in [-0.05, 0) is 35.9 Å². The Labute approximate surface area is 158 Å². The van der Waals surface area contributed by atoms with Crippen LogP contribution in [0.3, 0.4) is 0 Å². The van der Waals surface area contributed by atoms with Gasteiger partial charge in [0.05, 0.1) is 6.10 Å². The quantitative estimate of drug-likeness (QED) is 0.774. The lowest BCUT2D eigenvalue weighted by Crippen LogP contribution is -2.49. The standard InChI is InChI=1S/C22H25N3O2/c26-19(15-24-9-8-17-4-1-2-5-20(17)24)14-23-11-16-10-18(13-23)21-6-3-7-22(27)25(21)12-16/h1-9,16,18-19,26H,10-15H2/t16-,18-,19?/m1/s1. The number of pyridine rings is 1. The maximum absolute atomic E-state index is 12.1. The minimum absolute atomic E-state index is 0.121. The highest BCUT2D eigenvalue weighted by molar-refractivity contribution is 5.79. The number of para-hydroxylation sites is 1. The Hall–Kier alpha value is -2.37. The molecule has 3 atom stereocenters. The molecule has 0 aliphatic carbocycles. The van der Waals surface area contributed by atoms with E-state index in [1.807, 2.05) is 22.8 Å². The minimum atomic E-state index is -0.405. The summed E-state index contributed by atoms with van der Waals surface area (Å²) in [5.74, 6) is 0.891. The number of aliphatic hydroxyl groups is 1. The summed E-state index contributed by atoms with van der Waals surface area (Å²) in [4.78, 5) is 14.5. The number of aliphatic hydroxyl groups excluding tert-OH is 1. The molecule has 0 radical (unpaired) electrons. The second-order valence-electron chi connectivity index (χ2n) is 8.10. The third-order valence-electron chi connectivity index (χ3n) is 6.11. The van der Waals surface area contributed by atoms with Gasteiger partial charge >= 0.3 is 0 Å². The topological polar surface area (TPSA) is 50.4 Å². The van der Waals surface area contributed by atoms with E-state index in [2.05, 4.69) is 39.9 Å². The fraction of sp³-hybridized carbons (Fsp3) is 0.409. The molecule has 2 aromatic heterocycles. The number of benzene rings is 1. The van der Waals surface area contributed by atoms with Crippen molar-refractivity contribution in [1.29, 1.82) is 0 Å². The summed E-state index contributed by atoms with van der Waals surface area (Å²) in [7, 11) is 0. The molecule has 1 N–H and O–H groups in total. The van der Waals surface area contributed by atoms with E-state index in [1.165, 1.54) is 10.9 Å². The lowest BCUT2D eigenvalue weighted by molar-refractivity contribution is 0.0553. The zero-order chi connectivity index (χ0) is 18.4. The van der Waals surface area contributed by atoms with E-state index >= 15 is 0 Å². The van der Waals surface area contributed by atoms with Gasteiger partial charge in [-0.1, -0.05) is 24.3 Å². The van der Waals surface area contributed by atoms with E-state index in [0.29, 0.717) is 24.9 Å². The van der Waals surface area contributed by atoms with Crippen molar-refractivity contribution < 1.29 is 5.11 Å². The van der Waals surface area contributed by atoms with Crippen LogP contribution in [0.2, 0.25) is 0 Å². The first-order valence-electron chi connectivity index (χ1n) is 9.81. The van der Waals surface area contributed by atoms with Gasteiger partial charge in [-0.3, -0.25) is 9.69 Å². The highest BCUT2D eigenvalue weighted by Gasteiger charge is 2.34. The van der Waals surface area contributed by atoms with Gasteiger partial charge in [0, 0.05) is 62.1 Å². The molecular formula is C22H25N3O2. The molecule has 0 amide bonds. The number of hydrogen-bond acceptors (Lipinski definition) is 3. The molecule has 0 saturated carbocycles. The molecule has 1 unspecified atom stereocenters. The first kappa shape index (κ1) is 16.8. The lowest BCUT2D eigenvalue weighted by atomic mass is 9.83. The molecule has 2 aliphatic rings. The van der Waals surface area contributed by atoms with Crippen molar-refractivity contribution in [2.45, 2.75) is 31.5 Å². The predicted molar refractivity (Wildman–Crippen MR) is 106 cm³/mol. The van der Waals surface area contributed by atoms with Crippen LogP contribution in [0.4, 0.5) is 0 Å². The van der Waals surface area contributed by atoms with Gasteiger partial charge in [-0.25, -0.2) is 0 Å². The van der Waals surface area contributed by atoms with E-state index in [9.17, 15) is 9.90 Å². The van der Waals surface area contributed by atoms with Crippen LogP contribution in [0.15, 0.2) is 59.5 Å². The van der Waals surface area contributed by atoms with Gasteiger partial charge < -0.3 is 14.2 Å². The number of β-amino-alcohol motifs (C(OH)–C–C–N with tert-alkyl or cyclic N) is 1. The zero-order valence-corrected chi connectivity index (χ0v) is 15.4. The number of rotatable bonds is 4. The van der Waals surface area contributed by atoms with Crippen LogP contribution < -0.4 is 5.56 Å². The molecule has 27 heavy (non-hydrogen) atoms. The third kappa shape index (κ3) is 3.11. The van der Waals surface area contributed by atoms with E-state index in [-0.39, 0.29) is 5.56 Å². The normalized spacial score (nSPS) is 23.3. The highest BCUT2D eigenvalue weighted by Crippen LogP contribution is 2.34. The number of hydrogen-bond donors (Lipinski definition) is 1. The first-order valence-corrected chi connectivity index (χ1v) is 9.81. The van der Waals surface area contributed by atoms with Crippen LogP contribution in [0.25, 0.3) is 10.9 Å². The molecule has 5 heteroatoms. The number of aromatic nitrogens is 2. The van der Waals surface area contributed by atoms with Crippen LogP contribution >= 0.6 is 0 Å². The Balaban J connectivity index is 1.29. The monoisotopic (exact) mass is 363 g/mol. The van der Waals surface area contributed by atoms with Crippen LogP contribution in [0, 0.1) is 5.92 Å². The van der Waals surface area contributed by atoms with Crippen molar-refractivity contribution in [2.24, 2.45) is 5.92 Å². The smallest absolute Gasteiger partial charge is 0.250 e. The average molecular weight is 363 g/mol. The molecule has 140 valence electrons. The summed E-state index contributed by atoms with van der Waals surface area (Å²) in [6.45, 7) is 3.97. The Morgan fingerprint density at radius 2 is 1.89 bits per heavy atom. The first-order chi connectivity index (χ1) is 13.2. The van der Waals surface area contributed by atoms with Crippen molar-refractivity contribution in [3.05, 3.63) is 70.8 Å². The molecule has 2 bridgehead atoms. The second-order valence-corrected chi connectivity index (χ2v) is 8.10. The highest BCUT2D eigenvalue weighted by atomic mass is 16.3. The Bertz CT molecular complexity index is 1020. The fourth-order valence-corrected chi connectivity index (χ4v) is 5.03. The van der Waals surface area contributed by atoms with E-state index in [0.717, 1.165) is 31.7 Å². The summed E-state index contributed by atoms with van der Waals surface area (Å²) in [5.41, 5.74) is 2.45. The van der Waals surface area contributed by atoms with Gasteiger partial charge in [-0.2, -0.15) is 0 Å². The van der Waals surface area contributed by atoms with E-state index in [4.69, 9.17) is 0 Å². The molecule has 2 aliphatic heterocycles. The van der Waals surface area contributed by atoms with Gasteiger partial charge in [0.15, 0.2) is 0 Å². The molecule has 1 saturated heterocycles. The average Bonchev–Trinajstić information content (AvgIpc) is 3.05. The van der Waals surface area contributed by atoms with E-state index in [1.54, 1.807) is 6.07 Å². The molecule has 5 rings (SSSR count). The number of likely N-dealkylation sites (tertiary alicyclic amines) is 1. The second kappa shape index (κ2) is 6.66. The zero-order valence-electron chi connectivity index (χ0n) is 15.4. The van der Waals surface area contributed by atoms with Gasteiger partial charge in [0.25, 0.3) is 5.56 Å². The van der Waals surface area contributed by atoms with Gasteiger partial charge in [0.1, 0.15) is 0 Å². The fourth-order valence-electron chi connectivity index (χ4n) is 5.03. The lowest BCUT2D eigenvalue weighted by Gasteiger charge is -2.43. The van der Waals surface area contributed by atoms with Crippen molar-refractivity contribution in [3.63, 3.8) is 0 Å². The van der Waals surface area contributed by atoms with Gasteiger partial charge in [-0.15, -0.1) is 0 Å². The number of fused-ring (bicyclic) bond motifs is 5. The Kier molecular flexibility index (Phi) is 4.14.